The first-order chi connectivity index (χ1) is 17.6. The number of carboxylic acids is 1. The highest BCUT2D eigenvalue weighted by atomic mass is 32.2. The zero-order valence-corrected chi connectivity index (χ0v) is 23.4. The molecule has 0 aliphatic heterocycles. The van der Waals surface area contributed by atoms with Crippen LogP contribution in [0, 0.1) is 0 Å². The Morgan fingerprint density at radius 1 is 1.08 bits per heavy atom. The number of aliphatic carboxylic acids is 1. The molecular formula is C24H29N3O7S3. The molecule has 1 N–H and O–H groups in total. The summed E-state index contributed by atoms with van der Waals surface area (Å²) in [6.45, 7) is 3.52. The maximum absolute atomic E-state index is 13.4. The molecule has 0 saturated heterocycles. The summed E-state index contributed by atoms with van der Waals surface area (Å²) in [4.78, 5) is 20.6. The van der Waals surface area contributed by atoms with Crippen molar-refractivity contribution in [1.82, 2.24) is 14.3 Å². The molecule has 0 amide bonds. The third kappa shape index (κ3) is 7.65. The SMILES string of the molecule is COCCN(CCOc1ccc(OC(C)(C)C(=O)O)cc1)S(=O)(=O)c1ccc(-c2ccnc(SC)n2)s1. The molecule has 0 radical (unpaired) electrons. The molecular weight excluding hydrogens is 538 g/mol. The quantitative estimate of drug-likeness (QED) is 0.226. The Hall–Kier alpha value is -2.71. The Morgan fingerprint density at radius 3 is 2.41 bits per heavy atom. The number of nitrogens with zero attached hydrogens (tertiary/aromatic N) is 3. The predicted octanol–water partition coefficient (Wildman–Crippen LogP) is 3.89. The minimum Gasteiger partial charge on any atom is -0.492 e. The number of sulfonamides is 1. The third-order valence-electron chi connectivity index (χ3n) is 5.11. The van der Waals surface area contributed by atoms with Crippen LogP contribution in [0.2, 0.25) is 0 Å². The van der Waals surface area contributed by atoms with Gasteiger partial charge in [-0.25, -0.2) is 23.2 Å². The van der Waals surface area contributed by atoms with Crippen molar-refractivity contribution < 1.29 is 32.5 Å². The summed E-state index contributed by atoms with van der Waals surface area (Å²) in [5.41, 5.74) is -0.706. The van der Waals surface area contributed by atoms with Gasteiger partial charge in [0.2, 0.25) is 0 Å². The standard InChI is InChI=1S/C24H29N3O7S3/c1-24(2,22(28)29)34-18-7-5-17(6-8-18)33-16-14-27(13-15-32-3)37(30,31)21-10-9-20(36-21)19-11-12-25-23(26-19)35-4/h5-12H,13-16H2,1-4H3,(H,28,29). The van der Waals surface area contributed by atoms with Gasteiger partial charge in [-0.2, -0.15) is 4.31 Å². The molecule has 0 aliphatic rings. The number of aromatic nitrogens is 2. The van der Waals surface area contributed by atoms with Gasteiger partial charge in [0.15, 0.2) is 10.8 Å². The summed E-state index contributed by atoms with van der Waals surface area (Å²) in [6, 6.07) is 11.5. The zero-order chi connectivity index (χ0) is 27.1. The molecule has 0 saturated carbocycles. The van der Waals surface area contributed by atoms with E-state index in [2.05, 4.69) is 9.97 Å². The fraction of sp³-hybridized carbons (Fsp3) is 0.375. The molecule has 1 aromatic carbocycles. The molecule has 0 bridgehead atoms. The first-order valence-electron chi connectivity index (χ1n) is 11.2. The van der Waals surface area contributed by atoms with Crippen molar-refractivity contribution in [2.45, 2.75) is 28.8 Å². The lowest BCUT2D eigenvalue weighted by Gasteiger charge is -2.22. The highest BCUT2D eigenvalue weighted by Crippen LogP contribution is 2.32. The van der Waals surface area contributed by atoms with Crippen molar-refractivity contribution in [2.75, 3.05) is 39.7 Å². The molecule has 10 nitrogen and oxygen atoms in total. The minimum absolute atomic E-state index is 0.102. The van der Waals surface area contributed by atoms with Crippen molar-refractivity contribution >= 4 is 39.1 Å². The second kappa shape index (κ2) is 12.7. The van der Waals surface area contributed by atoms with Gasteiger partial charge >= 0.3 is 5.97 Å². The van der Waals surface area contributed by atoms with Crippen molar-refractivity contribution in [3.8, 4) is 22.1 Å². The van der Waals surface area contributed by atoms with Crippen LogP contribution in [0.5, 0.6) is 11.5 Å². The van der Waals surface area contributed by atoms with E-state index in [-0.39, 0.29) is 30.5 Å². The van der Waals surface area contributed by atoms with Crippen molar-refractivity contribution in [1.29, 1.82) is 0 Å². The molecule has 0 aliphatic carbocycles. The van der Waals surface area contributed by atoms with E-state index in [0.717, 1.165) is 16.2 Å². The Kier molecular flexibility index (Phi) is 9.90. The lowest BCUT2D eigenvalue weighted by Crippen LogP contribution is -2.37. The van der Waals surface area contributed by atoms with Gasteiger partial charge in [-0.15, -0.1) is 11.3 Å². The lowest BCUT2D eigenvalue weighted by molar-refractivity contribution is -0.152. The van der Waals surface area contributed by atoms with Crippen LogP contribution >= 0.6 is 23.1 Å². The number of ether oxygens (including phenoxy) is 3. The fourth-order valence-electron chi connectivity index (χ4n) is 3.05. The van der Waals surface area contributed by atoms with E-state index < -0.39 is 21.6 Å². The Bertz CT molecular complexity index is 1290. The van der Waals surface area contributed by atoms with Crippen LogP contribution in [-0.4, -0.2) is 79.0 Å². The number of benzene rings is 1. The van der Waals surface area contributed by atoms with Gasteiger partial charge in [-0.1, -0.05) is 11.8 Å². The molecule has 2 heterocycles. The fourth-order valence-corrected chi connectivity index (χ4v) is 6.25. The van der Waals surface area contributed by atoms with Gasteiger partial charge in [0.1, 0.15) is 22.3 Å². The smallest absolute Gasteiger partial charge is 0.347 e. The van der Waals surface area contributed by atoms with Crippen LogP contribution in [0.3, 0.4) is 0 Å². The first-order valence-corrected chi connectivity index (χ1v) is 14.7. The van der Waals surface area contributed by atoms with Crippen LogP contribution < -0.4 is 9.47 Å². The van der Waals surface area contributed by atoms with Gasteiger partial charge in [0, 0.05) is 26.4 Å². The minimum atomic E-state index is -3.80. The molecule has 200 valence electrons. The van der Waals surface area contributed by atoms with E-state index in [1.165, 1.54) is 37.0 Å². The second-order valence-electron chi connectivity index (χ2n) is 8.18. The average molecular weight is 568 g/mol. The Labute approximate surface area is 224 Å². The van der Waals surface area contributed by atoms with Crippen LogP contribution in [0.4, 0.5) is 0 Å². The maximum atomic E-state index is 13.4. The summed E-state index contributed by atoms with van der Waals surface area (Å²) < 4.78 is 44.7. The van der Waals surface area contributed by atoms with E-state index in [9.17, 15) is 18.3 Å². The summed E-state index contributed by atoms with van der Waals surface area (Å²) in [6.07, 6.45) is 3.53. The third-order valence-corrected chi connectivity index (χ3v) is 9.15. The van der Waals surface area contributed by atoms with E-state index >= 15 is 0 Å². The number of thioether (sulfide) groups is 1. The molecule has 0 spiro atoms. The van der Waals surface area contributed by atoms with Crippen molar-refractivity contribution in [3.05, 3.63) is 48.7 Å². The van der Waals surface area contributed by atoms with Crippen molar-refractivity contribution in [3.63, 3.8) is 0 Å². The zero-order valence-electron chi connectivity index (χ0n) is 20.9. The summed E-state index contributed by atoms with van der Waals surface area (Å²) >= 11 is 2.56. The van der Waals surface area contributed by atoms with E-state index in [1.54, 1.807) is 48.7 Å². The lowest BCUT2D eigenvalue weighted by atomic mass is 10.1. The van der Waals surface area contributed by atoms with Gasteiger partial charge in [-0.05, 0) is 62.6 Å². The molecule has 0 fully saturated rings. The first kappa shape index (κ1) is 28.9. The van der Waals surface area contributed by atoms with E-state index in [1.807, 2.05) is 6.26 Å². The summed E-state index contributed by atoms with van der Waals surface area (Å²) in [5.74, 6) is -0.202. The summed E-state index contributed by atoms with van der Waals surface area (Å²) in [7, 11) is -2.29. The van der Waals surface area contributed by atoms with Gasteiger partial charge in [-0.3, -0.25) is 0 Å². The van der Waals surface area contributed by atoms with Crippen LogP contribution in [0.15, 0.2) is 58.0 Å². The molecule has 3 rings (SSSR count). The van der Waals surface area contributed by atoms with Gasteiger partial charge in [0.05, 0.1) is 17.2 Å². The number of carbonyl (C=O) groups is 1. The van der Waals surface area contributed by atoms with Crippen molar-refractivity contribution in [2.24, 2.45) is 0 Å². The van der Waals surface area contributed by atoms with E-state index in [4.69, 9.17) is 14.2 Å². The largest absolute Gasteiger partial charge is 0.492 e. The molecule has 0 atom stereocenters. The maximum Gasteiger partial charge on any atom is 0.347 e. The monoisotopic (exact) mass is 567 g/mol. The Morgan fingerprint density at radius 2 is 1.76 bits per heavy atom. The highest BCUT2D eigenvalue weighted by Gasteiger charge is 2.29. The number of hydrogen-bond acceptors (Lipinski definition) is 10. The normalized spacial score (nSPS) is 12.0. The molecule has 37 heavy (non-hydrogen) atoms. The number of rotatable bonds is 14. The number of carboxylic acid groups (broad SMARTS) is 1. The number of hydrogen-bond donors (Lipinski definition) is 1. The topological polar surface area (TPSA) is 128 Å². The predicted molar refractivity (Wildman–Crippen MR) is 142 cm³/mol. The molecule has 13 heteroatoms. The van der Waals surface area contributed by atoms with Gasteiger partial charge in [0.25, 0.3) is 10.0 Å². The van der Waals surface area contributed by atoms with Crippen LogP contribution in [0.1, 0.15) is 13.8 Å². The molecule has 3 aromatic rings. The molecule has 2 aromatic heterocycles. The number of thiophene rings is 1. The van der Waals surface area contributed by atoms with E-state index in [0.29, 0.717) is 22.3 Å². The second-order valence-corrected chi connectivity index (χ2v) is 12.2. The Balaban J connectivity index is 1.67. The molecule has 0 unspecified atom stereocenters. The number of methoxy groups -OCH3 is 1. The van der Waals surface area contributed by atoms with Crippen LogP contribution in [0.25, 0.3) is 10.6 Å². The van der Waals surface area contributed by atoms with Gasteiger partial charge < -0.3 is 19.3 Å². The summed E-state index contributed by atoms with van der Waals surface area (Å²) in [5, 5.41) is 9.81. The average Bonchev–Trinajstić information content (AvgIpc) is 3.38. The van der Waals surface area contributed by atoms with Crippen LogP contribution in [-0.2, 0) is 19.6 Å². The highest BCUT2D eigenvalue weighted by molar-refractivity contribution is 7.98.